The van der Waals surface area contributed by atoms with E-state index in [2.05, 4.69) is 47.7 Å². The predicted molar refractivity (Wildman–Crippen MR) is 69.2 cm³/mol. The van der Waals surface area contributed by atoms with Crippen molar-refractivity contribution >= 4 is 12.2 Å². The Morgan fingerprint density at radius 1 is 1.25 bits per heavy atom. The quantitative estimate of drug-likeness (QED) is 0.804. The molecule has 2 rings (SSSR count). The Morgan fingerprint density at radius 2 is 2.00 bits per heavy atom. The van der Waals surface area contributed by atoms with Gasteiger partial charge in [0, 0.05) is 18.4 Å². The number of rotatable bonds is 3. The van der Waals surface area contributed by atoms with Gasteiger partial charge in [0.15, 0.2) is 4.77 Å². The molecule has 3 heteroatoms. The normalized spacial score (nSPS) is 10.6. The van der Waals surface area contributed by atoms with E-state index in [4.69, 9.17) is 12.2 Å². The van der Waals surface area contributed by atoms with Gasteiger partial charge in [-0.2, -0.15) is 0 Å². The number of H-pyrrole nitrogens is 1. The highest BCUT2D eigenvalue weighted by Gasteiger charge is 2.01. The molecule has 0 radical (unpaired) electrons. The zero-order chi connectivity index (χ0) is 11.5. The van der Waals surface area contributed by atoms with Crippen LogP contribution < -0.4 is 0 Å². The highest BCUT2D eigenvalue weighted by Crippen LogP contribution is 2.10. The molecule has 0 amide bonds. The maximum absolute atomic E-state index is 5.23. The summed E-state index contributed by atoms with van der Waals surface area (Å²) in [7, 11) is 0. The minimum atomic E-state index is 0.811. The molecule has 0 atom stereocenters. The number of hydrogen-bond acceptors (Lipinski definition) is 1. The molecule has 1 aromatic carbocycles. The standard InChI is InChI=1S/C13H16N2S/c1-10-5-3-4-6-12(10)7-8-15-11(2)9-14-13(15)16/h3-6,9H,7-8H2,1-2H3,(H,14,16). The Morgan fingerprint density at radius 3 is 2.62 bits per heavy atom. The average Bonchev–Trinajstić information content (AvgIpc) is 2.58. The van der Waals surface area contributed by atoms with Crippen molar-refractivity contribution in [1.29, 1.82) is 0 Å². The predicted octanol–water partition coefficient (Wildman–Crippen LogP) is 3.41. The summed E-state index contributed by atoms with van der Waals surface area (Å²) in [6.45, 7) is 5.17. The van der Waals surface area contributed by atoms with Gasteiger partial charge in [-0.25, -0.2) is 0 Å². The maximum Gasteiger partial charge on any atom is 0.177 e. The summed E-state index contributed by atoms with van der Waals surface area (Å²) >= 11 is 5.23. The summed E-state index contributed by atoms with van der Waals surface area (Å²) in [6.07, 6.45) is 2.99. The SMILES string of the molecule is Cc1ccccc1CCn1c(C)c[nH]c1=S. The highest BCUT2D eigenvalue weighted by atomic mass is 32.1. The first-order valence-corrected chi connectivity index (χ1v) is 5.88. The molecule has 0 aliphatic rings. The van der Waals surface area contributed by atoms with E-state index in [1.807, 2.05) is 6.20 Å². The van der Waals surface area contributed by atoms with E-state index in [1.54, 1.807) is 0 Å². The summed E-state index contributed by atoms with van der Waals surface area (Å²) in [5.74, 6) is 0. The zero-order valence-electron chi connectivity index (χ0n) is 9.66. The van der Waals surface area contributed by atoms with Gasteiger partial charge >= 0.3 is 0 Å². The first-order chi connectivity index (χ1) is 7.68. The molecule has 0 aliphatic carbocycles. The topological polar surface area (TPSA) is 20.7 Å². The minimum absolute atomic E-state index is 0.811. The van der Waals surface area contributed by atoms with Crippen molar-refractivity contribution in [3.63, 3.8) is 0 Å². The van der Waals surface area contributed by atoms with Crippen molar-refractivity contribution in [2.45, 2.75) is 26.8 Å². The molecule has 1 aromatic heterocycles. The fourth-order valence-electron chi connectivity index (χ4n) is 1.88. The molecular formula is C13H16N2S. The molecule has 0 saturated carbocycles. The van der Waals surface area contributed by atoms with Crippen LogP contribution in [-0.4, -0.2) is 9.55 Å². The fourth-order valence-corrected chi connectivity index (χ4v) is 2.18. The van der Waals surface area contributed by atoms with Gasteiger partial charge in [0.1, 0.15) is 0 Å². The molecular weight excluding hydrogens is 216 g/mol. The van der Waals surface area contributed by atoms with Crippen LogP contribution in [0.3, 0.4) is 0 Å². The van der Waals surface area contributed by atoms with Crippen molar-refractivity contribution < 1.29 is 0 Å². The molecule has 2 nitrogen and oxygen atoms in total. The van der Waals surface area contributed by atoms with E-state index in [0.717, 1.165) is 17.7 Å². The second-order valence-corrected chi connectivity index (χ2v) is 4.45. The van der Waals surface area contributed by atoms with Crippen LogP contribution in [0.5, 0.6) is 0 Å². The summed E-state index contributed by atoms with van der Waals surface area (Å²) in [4.78, 5) is 3.07. The molecule has 84 valence electrons. The Kier molecular flexibility index (Phi) is 3.25. The highest BCUT2D eigenvalue weighted by molar-refractivity contribution is 7.71. The Balaban J connectivity index is 2.14. The van der Waals surface area contributed by atoms with Gasteiger partial charge in [-0.3, -0.25) is 0 Å². The monoisotopic (exact) mass is 232 g/mol. The molecule has 16 heavy (non-hydrogen) atoms. The van der Waals surface area contributed by atoms with Gasteiger partial charge in [-0.05, 0) is 43.6 Å². The average molecular weight is 232 g/mol. The van der Waals surface area contributed by atoms with Gasteiger partial charge in [-0.1, -0.05) is 24.3 Å². The summed E-state index contributed by atoms with van der Waals surface area (Å²) < 4.78 is 2.95. The van der Waals surface area contributed by atoms with Crippen LogP contribution in [0.15, 0.2) is 30.5 Å². The Bertz CT molecular complexity index is 537. The molecule has 2 aromatic rings. The third kappa shape index (κ3) is 2.25. The molecule has 0 unspecified atom stereocenters. The third-order valence-corrected chi connectivity index (χ3v) is 3.28. The number of nitrogens with zero attached hydrogens (tertiary/aromatic N) is 1. The lowest BCUT2D eigenvalue weighted by molar-refractivity contribution is 0.667. The molecule has 0 fully saturated rings. The zero-order valence-corrected chi connectivity index (χ0v) is 10.5. The van der Waals surface area contributed by atoms with E-state index < -0.39 is 0 Å². The van der Waals surface area contributed by atoms with Crippen molar-refractivity contribution in [2.75, 3.05) is 0 Å². The van der Waals surface area contributed by atoms with E-state index in [0.29, 0.717) is 0 Å². The van der Waals surface area contributed by atoms with Crippen LogP contribution in [0.1, 0.15) is 16.8 Å². The van der Waals surface area contributed by atoms with Gasteiger partial charge in [0.05, 0.1) is 0 Å². The van der Waals surface area contributed by atoms with Crippen LogP contribution in [0.25, 0.3) is 0 Å². The second kappa shape index (κ2) is 4.66. The van der Waals surface area contributed by atoms with Crippen molar-refractivity contribution in [3.05, 3.63) is 52.1 Å². The van der Waals surface area contributed by atoms with Crippen LogP contribution in [0.4, 0.5) is 0 Å². The van der Waals surface area contributed by atoms with Gasteiger partial charge < -0.3 is 9.55 Å². The Hall–Kier alpha value is -1.35. The Labute approximate surface area is 101 Å². The summed E-state index contributed by atoms with van der Waals surface area (Å²) in [5, 5.41) is 0. The third-order valence-electron chi connectivity index (χ3n) is 2.94. The second-order valence-electron chi connectivity index (χ2n) is 4.06. The van der Waals surface area contributed by atoms with Gasteiger partial charge in [0.25, 0.3) is 0 Å². The van der Waals surface area contributed by atoms with Gasteiger partial charge in [-0.15, -0.1) is 0 Å². The van der Waals surface area contributed by atoms with E-state index in [9.17, 15) is 0 Å². The van der Waals surface area contributed by atoms with E-state index in [1.165, 1.54) is 16.8 Å². The van der Waals surface area contributed by atoms with Crippen molar-refractivity contribution in [3.8, 4) is 0 Å². The van der Waals surface area contributed by atoms with Crippen molar-refractivity contribution in [2.24, 2.45) is 0 Å². The molecule has 0 spiro atoms. The number of hydrogen-bond donors (Lipinski definition) is 1. The number of aromatic amines is 1. The van der Waals surface area contributed by atoms with Crippen LogP contribution in [-0.2, 0) is 13.0 Å². The number of aromatic nitrogens is 2. The first kappa shape index (κ1) is 11.1. The lowest BCUT2D eigenvalue weighted by Gasteiger charge is -2.07. The number of nitrogens with one attached hydrogen (secondary N) is 1. The van der Waals surface area contributed by atoms with Gasteiger partial charge in [0.2, 0.25) is 0 Å². The fraction of sp³-hybridized carbons (Fsp3) is 0.308. The number of imidazole rings is 1. The first-order valence-electron chi connectivity index (χ1n) is 5.48. The summed E-state index contributed by atoms with van der Waals surface area (Å²) in [5.41, 5.74) is 3.94. The molecule has 1 heterocycles. The van der Waals surface area contributed by atoms with E-state index in [-0.39, 0.29) is 0 Å². The lowest BCUT2D eigenvalue weighted by Crippen LogP contribution is -2.04. The number of benzene rings is 1. The molecule has 0 bridgehead atoms. The maximum atomic E-state index is 5.23. The van der Waals surface area contributed by atoms with Crippen LogP contribution in [0.2, 0.25) is 0 Å². The van der Waals surface area contributed by atoms with Crippen LogP contribution >= 0.6 is 12.2 Å². The lowest BCUT2D eigenvalue weighted by atomic mass is 10.1. The van der Waals surface area contributed by atoms with Crippen LogP contribution in [0, 0.1) is 18.6 Å². The largest absolute Gasteiger partial charge is 0.337 e. The molecule has 0 aliphatic heterocycles. The number of aryl methyl sites for hydroxylation is 3. The summed E-state index contributed by atoms with van der Waals surface area (Å²) in [6, 6.07) is 8.50. The smallest absolute Gasteiger partial charge is 0.177 e. The molecule has 0 saturated heterocycles. The minimum Gasteiger partial charge on any atom is -0.337 e. The van der Waals surface area contributed by atoms with E-state index >= 15 is 0 Å². The van der Waals surface area contributed by atoms with Crippen molar-refractivity contribution in [1.82, 2.24) is 9.55 Å². The molecule has 1 N–H and O–H groups in total.